The van der Waals surface area contributed by atoms with Crippen LogP contribution in [0.4, 0.5) is 0 Å². The van der Waals surface area contributed by atoms with Gasteiger partial charge in [-0.2, -0.15) is 0 Å². The van der Waals surface area contributed by atoms with E-state index in [9.17, 15) is 9.59 Å². The monoisotopic (exact) mass is 336 g/mol. The molecular weight excluding hydrogens is 316 g/mol. The number of aromatic nitrogens is 1. The number of nitrogens with zero attached hydrogens (tertiary/aromatic N) is 1. The van der Waals surface area contributed by atoms with Gasteiger partial charge in [-0.3, -0.25) is 9.59 Å². The van der Waals surface area contributed by atoms with Gasteiger partial charge in [0.2, 0.25) is 0 Å². The highest BCUT2D eigenvalue weighted by molar-refractivity contribution is 6.06. The molecule has 1 N–H and O–H groups in total. The second-order valence-corrected chi connectivity index (χ2v) is 5.96. The first-order valence-corrected chi connectivity index (χ1v) is 8.14. The van der Waals surface area contributed by atoms with Crippen molar-refractivity contribution in [2.24, 2.45) is 7.05 Å². The van der Waals surface area contributed by atoms with Crippen molar-refractivity contribution < 1.29 is 9.53 Å². The average Bonchev–Trinajstić information content (AvgIpc) is 2.63. The minimum absolute atomic E-state index is 0.118. The lowest BCUT2D eigenvalue weighted by molar-refractivity contribution is 0.0933. The lowest BCUT2D eigenvalue weighted by atomic mass is 10.1. The van der Waals surface area contributed by atoms with E-state index in [4.69, 9.17) is 4.74 Å². The maximum Gasteiger partial charge on any atom is 0.258 e. The minimum atomic E-state index is -0.227. The van der Waals surface area contributed by atoms with Crippen LogP contribution in [0.15, 0.2) is 65.6 Å². The maximum atomic E-state index is 12.6. The third-order valence-corrected chi connectivity index (χ3v) is 3.97. The standard InChI is InChI=1S/C20H20N2O3/c1-14(25-15-8-4-3-5-9-15)12-21-19(23)18-13-22(2)20(24)17-11-7-6-10-16(17)18/h3-11,13-14H,12H2,1-2H3,(H,21,23). The van der Waals surface area contributed by atoms with Gasteiger partial charge in [0, 0.05) is 24.0 Å². The van der Waals surface area contributed by atoms with Gasteiger partial charge in [0.05, 0.1) is 12.1 Å². The van der Waals surface area contributed by atoms with Crippen LogP contribution in [0.3, 0.4) is 0 Å². The molecule has 0 aliphatic carbocycles. The number of para-hydroxylation sites is 1. The van der Waals surface area contributed by atoms with E-state index in [1.54, 1.807) is 31.4 Å². The predicted molar refractivity (Wildman–Crippen MR) is 98.1 cm³/mol. The van der Waals surface area contributed by atoms with E-state index in [0.717, 1.165) is 5.75 Å². The second-order valence-electron chi connectivity index (χ2n) is 5.96. The van der Waals surface area contributed by atoms with Crippen LogP contribution in [0, 0.1) is 0 Å². The third kappa shape index (κ3) is 3.71. The molecule has 3 aromatic rings. The van der Waals surface area contributed by atoms with Gasteiger partial charge in [0.1, 0.15) is 11.9 Å². The number of amides is 1. The first-order chi connectivity index (χ1) is 12.1. The number of hydrogen-bond donors (Lipinski definition) is 1. The summed E-state index contributed by atoms with van der Waals surface area (Å²) in [6.45, 7) is 2.26. The van der Waals surface area contributed by atoms with Crippen molar-refractivity contribution in [2.75, 3.05) is 6.54 Å². The number of fused-ring (bicyclic) bond motifs is 1. The van der Waals surface area contributed by atoms with Gasteiger partial charge in [-0.1, -0.05) is 36.4 Å². The first-order valence-electron chi connectivity index (χ1n) is 8.14. The van der Waals surface area contributed by atoms with Crippen LogP contribution in [0.2, 0.25) is 0 Å². The normalized spacial score (nSPS) is 11.9. The summed E-state index contributed by atoms with van der Waals surface area (Å²) in [5.41, 5.74) is 0.359. The highest BCUT2D eigenvalue weighted by Gasteiger charge is 2.14. The summed E-state index contributed by atoms with van der Waals surface area (Å²) in [6, 6.07) is 16.6. The zero-order valence-electron chi connectivity index (χ0n) is 14.2. The van der Waals surface area contributed by atoms with E-state index >= 15 is 0 Å². The van der Waals surface area contributed by atoms with Gasteiger partial charge in [-0.05, 0) is 25.1 Å². The number of carbonyl (C=O) groups excluding carboxylic acids is 1. The molecule has 1 heterocycles. The number of carbonyl (C=O) groups is 1. The van der Waals surface area contributed by atoms with Gasteiger partial charge < -0.3 is 14.6 Å². The Morgan fingerprint density at radius 3 is 2.44 bits per heavy atom. The molecule has 128 valence electrons. The fourth-order valence-electron chi connectivity index (χ4n) is 2.70. The number of nitrogens with one attached hydrogen (secondary N) is 1. The SMILES string of the molecule is CC(CNC(=O)c1cn(C)c(=O)c2ccccc12)Oc1ccccc1. The molecule has 1 unspecified atom stereocenters. The Balaban J connectivity index is 1.75. The van der Waals surface area contributed by atoms with Gasteiger partial charge in [0.15, 0.2) is 0 Å². The number of rotatable bonds is 5. The highest BCUT2D eigenvalue weighted by atomic mass is 16.5. The maximum absolute atomic E-state index is 12.6. The van der Waals surface area contributed by atoms with Gasteiger partial charge in [-0.25, -0.2) is 0 Å². The van der Waals surface area contributed by atoms with Crippen LogP contribution in [-0.2, 0) is 7.05 Å². The molecule has 5 nitrogen and oxygen atoms in total. The molecule has 25 heavy (non-hydrogen) atoms. The summed E-state index contributed by atoms with van der Waals surface area (Å²) in [6.07, 6.45) is 1.40. The molecule has 2 aromatic carbocycles. The lowest BCUT2D eigenvalue weighted by Gasteiger charge is -2.16. The van der Waals surface area contributed by atoms with Crippen LogP contribution in [0.5, 0.6) is 5.75 Å². The number of benzene rings is 2. The smallest absolute Gasteiger partial charge is 0.258 e. The minimum Gasteiger partial charge on any atom is -0.489 e. The molecule has 0 aliphatic rings. The number of hydrogen-bond acceptors (Lipinski definition) is 3. The highest BCUT2D eigenvalue weighted by Crippen LogP contribution is 2.15. The molecule has 0 fully saturated rings. The van der Waals surface area contributed by atoms with E-state index in [0.29, 0.717) is 22.9 Å². The van der Waals surface area contributed by atoms with Crippen molar-refractivity contribution in [2.45, 2.75) is 13.0 Å². The second kappa shape index (κ2) is 7.21. The molecule has 0 saturated heterocycles. The van der Waals surface area contributed by atoms with E-state index < -0.39 is 0 Å². The Bertz CT molecular complexity index is 948. The molecule has 0 spiro atoms. The number of aryl methyl sites for hydroxylation is 1. The van der Waals surface area contributed by atoms with Crippen molar-refractivity contribution in [3.63, 3.8) is 0 Å². The quantitative estimate of drug-likeness (QED) is 0.779. The molecule has 0 bridgehead atoms. The van der Waals surface area contributed by atoms with Crippen LogP contribution >= 0.6 is 0 Å². The Kier molecular flexibility index (Phi) is 4.84. The molecule has 0 radical (unpaired) electrons. The van der Waals surface area contributed by atoms with Crippen LogP contribution in [0.1, 0.15) is 17.3 Å². The average molecular weight is 336 g/mol. The fourth-order valence-corrected chi connectivity index (χ4v) is 2.70. The van der Waals surface area contributed by atoms with Gasteiger partial charge in [-0.15, -0.1) is 0 Å². The van der Waals surface area contributed by atoms with Crippen molar-refractivity contribution in [1.82, 2.24) is 9.88 Å². The van der Waals surface area contributed by atoms with Gasteiger partial charge >= 0.3 is 0 Å². The Morgan fingerprint density at radius 1 is 1.08 bits per heavy atom. The summed E-state index contributed by atoms with van der Waals surface area (Å²) in [7, 11) is 1.65. The molecule has 1 aromatic heterocycles. The van der Waals surface area contributed by atoms with Crippen LogP contribution < -0.4 is 15.6 Å². The van der Waals surface area contributed by atoms with E-state index in [1.165, 1.54) is 4.57 Å². The van der Waals surface area contributed by atoms with Crippen LogP contribution in [-0.4, -0.2) is 23.1 Å². The van der Waals surface area contributed by atoms with Crippen molar-refractivity contribution >= 4 is 16.7 Å². The summed E-state index contributed by atoms with van der Waals surface area (Å²) >= 11 is 0. The largest absolute Gasteiger partial charge is 0.489 e. The van der Waals surface area contributed by atoms with Gasteiger partial charge in [0.25, 0.3) is 11.5 Å². The molecular formula is C20H20N2O3. The molecule has 3 rings (SSSR count). The molecule has 0 aliphatic heterocycles. The lowest BCUT2D eigenvalue weighted by Crippen LogP contribution is -2.34. The molecule has 5 heteroatoms. The summed E-state index contributed by atoms with van der Waals surface area (Å²) in [5, 5.41) is 4.06. The van der Waals surface area contributed by atoms with E-state index in [-0.39, 0.29) is 17.6 Å². The van der Waals surface area contributed by atoms with Crippen LogP contribution in [0.25, 0.3) is 10.8 Å². The molecule has 0 saturated carbocycles. The molecule has 1 amide bonds. The summed E-state index contributed by atoms with van der Waals surface area (Å²) in [5.74, 6) is 0.534. The zero-order valence-corrected chi connectivity index (χ0v) is 14.2. The topological polar surface area (TPSA) is 60.3 Å². The van der Waals surface area contributed by atoms with E-state index in [1.807, 2.05) is 43.3 Å². The zero-order chi connectivity index (χ0) is 17.8. The Morgan fingerprint density at radius 2 is 1.72 bits per heavy atom. The first kappa shape index (κ1) is 16.8. The van der Waals surface area contributed by atoms with E-state index in [2.05, 4.69) is 5.32 Å². The Labute approximate surface area is 145 Å². The fraction of sp³-hybridized carbons (Fsp3) is 0.200. The summed E-state index contributed by atoms with van der Waals surface area (Å²) < 4.78 is 7.19. The Hall–Kier alpha value is -3.08. The third-order valence-electron chi connectivity index (χ3n) is 3.97. The predicted octanol–water partition coefficient (Wildman–Crippen LogP) is 2.74. The molecule has 1 atom stereocenters. The van der Waals surface area contributed by atoms with Crippen molar-refractivity contribution in [3.8, 4) is 5.75 Å². The number of ether oxygens (including phenoxy) is 1. The summed E-state index contributed by atoms with van der Waals surface area (Å²) in [4.78, 5) is 24.8. The van der Waals surface area contributed by atoms with Crippen molar-refractivity contribution in [3.05, 3.63) is 76.7 Å². The van der Waals surface area contributed by atoms with Crippen molar-refractivity contribution in [1.29, 1.82) is 0 Å². The number of pyridine rings is 1.